The van der Waals surface area contributed by atoms with E-state index in [4.69, 9.17) is 5.11 Å². The lowest BCUT2D eigenvalue weighted by Crippen LogP contribution is -2.07. The summed E-state index contributed by atoms with van der Waals surface area (Å²) >= 11 is 0. The van der Waals surface area contributed by atoms with Gasteiger partial charge in [0.05, 0.1) is 12.1 Å². The minimum Gasteiger partial charge on any atom is -0.478 e. The van der Waals surface area contributed by atoms with Crippen molar-refractivity contribution in [3.63, 3.8) is 0 Å². The number of nitrogens with one attached hydrogen (secondary N) is 1. The van der Waals surface area contributed by atoms with Crippen molar-refractivity contribution in [2.45, 2.75) is 26.7 Å². The lowest BCUT2D eigenvalue weighted by atomic mass is 10.1. The number of nitrogens with zero attached hydrogens (tertiary/aromatic N) is 1. The monoisotopic (exact) mass is 232 g/mol. The first-order valence-corrected chi connectivity index (χ1v) is 5.43. The molecular weight excluding hydrogens is 216 g/mol. The van der Waals surface area contributed by atoms with Gasteiger partial charge in [0.25, 0.3) is 0 Å². The number of carboxylic acids is 1. The molecule has 17 heavy (non-hydrogen) atoms. The fraction of sp³-hybridized carbons (Fsp3) is 0.385. The van der Waals surface area contributed by atoms with Gasteiger partial charge in [-0.3, -0.25) is 0 Å². The number of carbonyl (C=O) groups is 1. The van der Waals surface area contributed by atoms with Crippen molar-refractivity contribution in [3.05, 3.63) is 23.4 Å². The van der Waals surface area contributed by atoms with E-state index in [0.717, 1.165) is 5.69 Å². The van der Waals surface area contributed by atoms with Crippen molar-refractivity contribution in [2.75, 3.05) is 11.9 Å². The third kappa shape index (κ3) is 3.80. The molecule has 0 unspecified atom stereocenters. The molecule has 0 aromatic carbocycles. The first-order chi connectivity index (χ1) is 8.04. The fourth-order valence-corrected chi connectivity index (χ4v) is 1.28. The lowest BCUT2D eigenvalue weighted by molar-refractivity contribution is 0.0696. The average molecular weight is 232 g/mol. The third-order valence-corrected chi connectivity index (χ3v) is 2.22. The molecule has 0 amide bonds. The van der Waals surface area contributed by atoms with Crippen LogP contribution in [0.25, 0.3) is 0 Å². The summed E-state index contributed by atoms with van der Waals surface area (Å²) in [6, 6.07) is 3.12. The van der Waals surface area contributed by atoms with Crippen LogP contribution in [-0.4, -0.2) is 22.6 Å². The Morgan fingerprint density at radius 1 is 1.53 bits per heavy atom. The second-order valence-corrected chi connectivity index (χ2v) is 3.91. The maximum absolute atomic E-state index is 11.0. The second kappa shape index (κ2) is 5.90. The number of hydrogen-bond acceptors (Lipinski definition) is 3. The number of aromatic carboxylic acids is 1. The number of carboxylic acid groups (broad SMARTS) is 1. The number of rotatable bonds is 4. The predicted octanol–water partition coefficient (Wildman–Crippen LogP) is 2.34. The Morgan fingerprint density at radius 3 is 2.76 bits per heavy atom. The van der Waals surface area contributed by atoms with E-state index >= 15 is 0 Å². The summed E-state index contributed by atoms with van der Waals surface area (Å²) in [7, 11) is 0. The first kappa shape index (κ1) is 13.0. The molecule has 1 rings (SSSR count). The van der Waals surface area contributed by atoms with E-state index < -0.39 is 5.97 Å². The largest absolute Gasteiger partial charge is 0.478 e. The fourth-order valence-electron chi connectivity index (χ4n) is 1.28. The minimum absolute atomic E-state index is 0.187. The Balaban J connectivity index is 3.02. The van der Waals surface area contributed by atoms with Crippen molar-refractivity contribution in [3.8, 4) is 11.8 Å². The van der Waals surface area contributed by atoms with Gasteiger partial charge >= 0.3 is 5.97 Å². The highest BCUT2D eigenvalue weighted by Crippen LogP contribution is 2.17. The molecule has 90 valence electrons. The van der Waals surface area contributed by atoms with Crippen LogP contribution in [0, 0.1) is 11.8 Å². The van der Waals surface area contributed by atoms with Gasteiger partial charge < -0.3 is 10.4 Å². The van der Waals surface area contributed by atoms with Gasteiger partial charge in [-0.05, 0) is 25.0 Å². The SMILES string of the molecule is CC#CCNc1cc(C(=O)O)cc(C(C)C)n1. The van der Waals surface area contributed by atoms with Crippen LogP contribution < -0.4 is 5.32 Å². The van der Waals surface area contributed by atoms with Crippen molar-refractivity contribution in [1.29, 1.82) is 0 Å². The molecule has 0 aliphatic carbocycles. The molecule has 0 saturated carbocycles. The van der Waals surface area contributed by atoms with Gasteiger partial charge in [0.2, 0.25) is 0 Å². The van der Waals surface area contributed by atoms with E-state index in [-0.39, 0.29) is 11.5 Å². The van der Waals surface area contributed by atoms with Gasteiger partial charge in [0.1, 0.15) is 5.82 Å². The Morgan fingerprint density at radius 2 is 2.24 bits per heavy atom. The zero-order chi connectivity index (χ0) is 12.8. The third-order valence-electron chi connectivity index (χ3n) is 2.22. The van der Waals surface area contributed by atoms with Crippen LogP contribution in [0.3, 0.4) is 0 Å². The van der Waals surface area contributed by atoms with E-state index in [1.54, 1.807) is 13.0 Å². The van der Waals surface area contributed by atoms with E-state index in [1.165, 1.54) is 6.07 Å². The number of pyridine rings is 1. The topological polar surface area (TPSA) is 62.2 Å². The Labute approximate surface area is 101 Å². The highest BCUT2D eigenvalue weighted by atomic mass is 16.4. The van der Waals surface area contributed by atoms with Gasteiger partial charge in [0, 0.05) is 5.69 Å². The van der Waals surface area contributed by atoms with Gasteiger partial charge in [-0.1, -0.05) is 19.8 Å². The molecule has 1 aromatic heterocycles. The standard InChI is InChI=1S/C13H16N2O2/c1-4-5-6-14-12-8-10(13(16)17)7-11(15-12)9(2)3/h7-9H,6H2,1-3H3,(H,14,15)(H,16,17). The number of anilines is 1. The summed E-state index contributed by atoms with van der Waals surface area (Å²) < 4.78 is 0. The molecule has 0 radical (unpaired) electrons. The average Bonchev–Trinajstić information content (AvgIpc) is 2.29. The van der Waals surface area contributed by atoms with Crippen molar-refractivity contribution >= 4 is 11.8 Å². The van der Waals surface area contributed by atoms with Crippen LogP contribution in [0.1, 0.15) is 42.7 Å². The van der Waals surface area contributed by atoms with Crippen molar-refractivity contribution < 1.29 is 9.90 Å². The van der Waals surface area contributed by atoms with Gasteiger partial charge in [0.15, 0.2) is 0 Å². The molecule has 1 heterocycles. The molecule has 0 saturated heterocycles. The predicted molar refractivity (Wildman–Crippen MR) is 67.2 cm³/mol. The zero-order valence-electron chi connectivity index (χ0n) is 10.2. The van der Waals surface area contributed by atoms with Crippen LogP contribution in [0.2, 0.25) is 0 Å². The van der Waals surface area contributed by atoms with Crippen LogP contribution in [0.5, 0.6) is 0 Å². The van der Waals surface area contributed by atoms with E-state index in [0.29, 0.717) is 12.4 Å². The quantitative estimate of drug-likeness (QED) is 0.782. The molecule has 4 heteroatoms. The van der Waals surface area contributed by atoms with E-state index in [9.17, 15) is 4.79 Å². The van der Waals surface area contributed by atoms with Crippen LogP contribution >= 0.6 is 0 Å². The number of aromatic nitrogens is 1. The summed E-state index contributed by atoms with van der Waals surface area (Å²) in [6.45, 7) is 6.17. The highest BCUT2D eigenvalue weighted by Gasteiger charge is 2.10. The normalized spacial score (nSPS) is 9.65. The molecule has 0 fully saturated rings. The minimum atomic E-state index is -0.945. The molecule has 0 spiro atoms. The van der Waals surface area contributed by atoms with E-state index in [2.05, 4.69) is 22.1 Å². The summed E-state index contributed by atoms with van der Waals surface area (Å²) in [6.07, 6.45) is 0. The van der Waals surface area contributed by atoms with Crippen LogP contribution in [-0.2, 0) is 0 Å². The molecule has 0 aliphatic heterocycles. The molecule has 0 atom stereocenters. The lowest BCUT2D eigenvalue weighted by Gasteiger charge is -2.09. The molecule has 1 aromatic rings. The van der Waals surface area contributed by atoms with Gasteiger partial charge in [-0.2, -0.15) is 0 Å². The molecular formula is C13H16N2O2. The van der Waals surface area contributed by atoms with Crippen LogP contribution in [0.4, 0.5) is 5.82 Å². The second-order valence-electron chi connectivity index (χ2n) is 3.91. The Bertz CT molecular complexity index is 470. The summed E-state index contributed by atoms with van der Waals surface area (Å²) in [5, 5.41) is 12.0. The maximum Gasteiger partial charge on any atom is 0.335 e. The summed E-state index contributed by atoms with van der Waals surface area (Å²) in [5.74, 6) is 5.40. The Kier molecular flexibility index (Phi) is 4.53. The molecule has 0 bridgehead atoms. The van der Waals surface area contributed by atoms with Crippen molar-refractivity contribution in [1.82, 2.24) is 4.98 Å². The summed E-state index contributed by atoms with van der Waals surface area (Å²) in [4.78, 5) is 15.3. The Hall–Kier alpha value is -2.02. The summed E-state index contributed by atoms with van der Waals surface area (Å²) in [5.41, 5.74) is 1.01. The van der Waals surface area contributed by atoms with Crippen molar-refractivity contribution in [2.24, 2.45) is 0 Å². The molecule has 4 nitrogen and oxygen atoms in total. The molecule has 0 aliphatic rings. The first-order valence-electron chi connectivity index (χ1n) is 5.43. The smallest absolute Gasteiger partial charge is 0.335 e. The number of hydrogen-bond donors (Lipinski definition) is 2. The molecule has 2 N–H and O–H groups in total. The van der Waals surface area contributed by atoms with Gasteiger partial charge in [-0.25, -0.2) is 9.78 Å². The highest BCUT2D eigenvalue weighted by molar-refractivity contribution is 5.88. The van der Waals surface area contributed by atoms with Gasteiger partial charge in [-0.15, -0.1) is 5.92 Å². The van der Waals surface area contributed by atoms with Crippen LogP contribution in [0.15, 0.2) is 12.1 Å². The van der Waals surface area contributed by atoms with E-state index in [1.807, 2.05) is 13.8 Å². The maximum atomic E-state index is 11.0. The zero-order valence-corrected chi connectivity index (χ0v) is 10.2.